The van der Waals surface area contributed by atoms with E-state index in [1.54, 1.807) is 0 Å². The summed E-state index contributed by atoms with van der Waals surface area (Å²) in [5, 5.41) is 0.149. The van der Waals surface area contributed by atoms with Crippen LogP contribution in [0.25, 0.3) is 0 Å². The van der Waals surface area contributed by atoms with Gasteiger partial charge in [0.05, 0.1) is 16.5 Å². The molecule has 3 nitrogen and oxygen atoms in total. The van der Waals surface area contributed by atoms with Crippen molar-refractivity contribution in [1.29, 1.82) is 0 Å². The normalized spacial score (nSPS) is 20.1. The minimum Gasteiger partial charge on any atom is -0.338 e. The lowest BCUT2D eigenvalue weighted by Crippen LogP contribution is -2.44. The lowest BCUT2D eigenvalue weighted by atomic mass is 9.97. The third-order valence-corrected chi connectivity index (χ3v) is 3.73. The fourth-order valence-electron chi connectivity index (χ4n) is 2.18. The van der Waals surface area contributed by atoms with Gasteiger partial charge in [-0.1, -0.05) is 23.2 Å². The van der Waals surface area contributed by atoms with Crippen molar-refractivity contribution < 1.29 is 18.0 Å². The van der Waals surface area contributed by atoms with Gasteiger partial charge < -0.3 is 4.90 Å². The lowest BCUT2D eigenvalue weighted by Gasteiger charge is -2.33. The van der Waals surface area contributed by atoms with Gasteiger partial charge in [-0.2, -0.15) is 13.2 Å². The maximum Gasteiger partial charge on any atom is 0.393 e. The van der Waals surface area contributed by atoms with Crippen LogP contribution in [-0.4, -0.2) is 35.1 Å². The molecule has 0 aliphatic carbocycles. The van der Waals surface area contributed by atoms with Gasteiger partial charge >= 0.3 is 6.18 Å². The van der Waals surface area contributed by atoms with Crippen molar-refractivity contribution in [3.8, 4) is 0 Å². The Bertz CT molecular complexity index is 522. The van der Waals surface area contributed by atoms with Crippen molar-refractivity contribution >= 4 is 29.1 Å². The average Bonchev–Trinajstić information content (AvgIpc) is 2.40. The van der Waals surface area contributed by atoms with Gasteiger partial charge in [0.15, 0.2) is 0 Å². The van der Waals surface area contributed by atoms with Crippen LogP contribution in [0.2, 0.25) is 10.2 Å². The molecular formula is C12H11Cl2F3N2O. The molecule has 1 aromatic rings. The smallest absolute Gasteiger partial charge is 0.338 e. The molecule has 20 heavy (non-hydrogen) atoms. The molecule has 1 saturated heterocycles. The minimum atomic E-state index is -4.29. The fourth-order valence-corrected chi connectivity index (χ4v) is 2.52. The Labute approximate surface area is 123 Å². The number of piperidine rings is 1. The highest BCUT2D eigenvalue weighted by Crippen LogP contribution is 2.34. The zero-order chi connectivity index (χ0) is 14.9. The summed E-state index contributed by atoms with van der Waals surface area (Å²) >= 11 is 11.5. The van der Waals surface area contributed by atoms with Crippen LogP contribution >= 0.6 is 23.2 Å². The van der Waals surface area contributed by atoms with Gasteiger partial charge in [-0.25, -0.2) is 4.98 Å². The molecule has 1 aliphatic heterocycles. The van der Waals surface area contributed by atoms with E-state index in [1.807, 2.05) is 0 Å². The van der Waals surface area contributed by atoms with E-state index >= 15 is 0 Å². The van der Waals surface area contributed by atoms with Crippen LogP contribution in [0.5, 0.6) is 0 Å². The predicted octanol–water partition coefficient (Wildman–Crippen LogP) is 3.80. The number of nitrogens with zero attached hydrogens (tertiary/aromatic N) is 2. The second-order valence-corrected chi connectivity index (χ2v) is 5.41. The third kappa shape index (κ3) is 3.35. The van der Waals surface area contributed by atoms with E-state index < -0.39 is 18.0 Å². The zero-order valence-corrected chi connectivity index (χ0v) is 11.8. The van der Waals surface area contributed by atoms with Crippen LogP contribution in [0.4, 0.5) is 13.2 Å². The molecule has 1 atom stereocenters. The molecule has 1 fully saturated rings. The van der Waals surface area contributed by atoms with E-state index in [2.05, 4.69) is 4.98 Å². The van der Waals surface area contributed by atoms with Gasteiger partial charge in [0.1, 0.15) is 5.15 Å². The molecule has 0 radical (unpaired) electrons. The molecule has 0 N–H and O–H groups in total. The highest BCUT2D eigenvalue weighted by molar-refractivity contribution is 6.35. The number of rotatable bonds is 1. The number of carbonyl (C=O) groups is 1. The van der Waals surface area contributed by atoms with E-state index in [0.29, 0.717) is 6.42 Å². The second kappa shape index (κ2) is 5.77. The van der Waals surface area contributed by atoms with E-state index in [0.717, 1.165) is 0 Å². The molecule has 1 aliphatic rings. The fraction of sp³-hybridized carbons (Fsp3) is 0.500. The molecule has 0 spiro atoms. The standard InChI is InChI=1S/C12H11Cl2F3N2O/c13-9-5-18-10(14)4-8(9)11(20)19-3-1-2-7(6-19)12(15,16)17/h4-5,7H,1-3,6H2. The van der Waals surface area contributed by atoms with Crippen LogP contribution in [0.1, 0.15) is 23.2 Å². The van der Waals surface area contributed by atoms with Crippen molar-refractivity contribution in [2.24, 2.45) is 5.92 Å². The van der Waals surface area contributed by atoms with Crippen LogP contribution < -0.4 is 0 Å². The number of alkyl halides is 3. The monoisotopic (exact) mass is 326 g/mol. The Morgan fingerprint density at radius 1 is 1.40 bits per heavy atom. The topological polar surface area (TPSA) is 33.2 Å². The van der Waals surface area contributed by atoms with Gasteiger partial charge in [-0.15, -0.1) is 0 Å². The quantitative estimate of drug-likeness (QED) is 0.735. The van der Waals surface area contributed by atoms with Crippen LogP contribution in [0.3, 0.4) is 0 Å². The van der Waals surface area contributed by atoms with Crippen molar-refractivity contribution in [2.45, 2.75) is 19.0 Å². The minimum absolute atomic E-state index is 0.0398. The van der Waals surface area contributed by atoms with Crippen molar-refractivity contribution in [2.75, 3.05) is 13.1 Å². The number of halogens is 5. The molecule has 0 aromatic carbocycles. The van der Waals surface area contributed by atoms with Gasteiger partial charge in [-0.3, -0.25) is 4.79 Å². The Balaban J connectivity index is 2.18. The van der Waals surface area contributed by atoms with Crippen LogP contribution in [0.15, 0.2) is 12.3 Å². The largest absolute Gasteiger partial charge is 0.393 e. The van der Waals surface area contributed by atoms with Crippen molar-refractivity contribution in [1.82, 2.24) is 9.88 Å². The summed E-state index contributed by atoms with van der Waals surface area (Å²) < 4.78 is 38.2. The average molecular weight is 327 g/mol. The van der Waals surface area contributed by atoms with Gasteiger partial charge in [0.25, 0.3) is 5.91 Å². The summed E-state index contributed by atoms with van der Waals surface area (Å²) in [6, 6.07) is 1.27. The summed E-state index contributed by atoms with van der Waals surface area (Å²) in [6.45, 7) is -0.0692. The van der Waals surface area contributed by atoms with E-state index in [9.17, 15) is 18.0 Å². The molecule has 2 heterocycles. The Hall–Kier alpha value is -1.01. The number of pyridine rings is 1. The van der Waals surface area contributed by atoms with Crippen LogP contribution in [-0.2, 0) is 0 Å². The van der Waals surface area contributed by atoms with Crippen molar-refractivity contribution in [3.63, 3.8) is 0 Å². The van der Waals surface area contributed by atoms with E-state index in [4.69, 9.17) is 23.2 Å². The number of amides is 1. The molecule has 0 bridgehead atoms. The highest BCUT2D eigenvalue weighted by Gasteiger charge is 2.42. The van der Waals surface area contributed by atoms with Gasteiger partial charge in [-0.05, 0) is 18.9 Å². The first-order valence-electron chi connectivity index (χ1n) is 5.96. The maximum atomic E-state index is 12.7. The SMILES string of the molecule is O=C(c1cc(Cl)ncc1Cl)N1CCCC(C(F)(F)F)C1. The summed E-state index contributed by atoms with van der Waals surface area (Å²) in [7, 11) is 0. The molecule has 2 rings (SSSR count). The summed E-state index contributed by atoms with van der Waals surface area (Å²) in [5.74, 6) is -2.04. The zero-order valence-electron chi connectivity index (χ0n) is 10.3. The number of hydrogen-bond acceptors (Lipinski definition) is 2. The number of likely N-dealkylation sites (tertiary alicyclic amines) is 1. The first-order chi connectivity index (χ1) is 9.29. The molecular weight excluding hydrogens is 316 g/mol. The highest BCUT2D eigenvalue weighted by atomic mass is 35.5. The molecule has 1 amide bonds. The molecule has 8 heteroatoms. The first kappa shape index (κ1) is 15.4. The number of carbonyl (C=O) groups excluding carboxylic acids is 1. The van der Waals surface area contributed by atoms with E-state index in [-0.39, 0.29) is 35.2 Å². The van der Waals surface area contributed by atoms with Gasteiger partial charge in [0.2, 0.25) is 0 Å². The number of aromatic nitrogens is 1. The lowest BCUT2D eigenvalue weighted by molar-refractivity contribution is -0.184. The Kier molecular flexibility index (Phi) is 4.44. The molecule has 0 saturated carbocycles. The van der Waals surface area contributed by atoms with Crippen molar-refractivity contribution in [3.05, 3.63) is 28.0 Å². The second-order valence-electron chi connectivity index (χ2n) is 4.62. The Morgan fingerprint density at radius 3 is 2.75 bits per heavy atom. The predicted molar refractivity (Wildman–Crippen MR) is 68.9 cm³/mol. The van der Waals surface area contributed by atoms with Crippen LogP contribution in [0, 0.1) is 5.92 Å². The Morgan fingerprint density at radius 2 is 2.10 bits per heavy atom. The summed E-state index contributed by atoms with van der Waals surface area (Å²) in [4.78, 5) is 17.1. The van der Waals surface area contributed by atoms with E-state index in [1.165, 1.54) is 17.2 Å². The summed E-state index contributed by atoms with van der Waals surface area (Å²) in [5.41, 5.74) is 0.0782. The molecule has 110 valence electrons. The summed E-state index contributed by atoms with van der Waals surface area (Å²) in [6.07, 6.45) is -2.73. The number of hydrogen-bond donors (Lipinski definition) is 0. The van der Waals surface area contributed by atoms with Gasteiger partial charge in [0, 0.05) is 19.3 Å². The third-order valence-electron chi connectivity index (χ3n) is 3.22. The molecule has 1 aromatic heterocycles. The first-order valence-corrected chi connectivity index (χ1v) is 6.71. The maximum absolute atomic E-state index is 12.7. The molecule has 1 unspecified atom stereocenters.